The number of pyridine rings is 1. The second kappa shape index (κ2) is 19.1. The van der Waals surface area contributed by atoms with E-state index in [9.17, 15) is 28.2 Å². The van der Waals surface area contributed by atoms with E-state index in [1.165, 1.54) is 34.4 Å². The highest BCUT2D eigenvalue weighted by molar-refractivity contribution is 7.59. The minimum Gasteiger partial charge on any atom is -0.497 e. The van der Waals surface area contributed by atoms with E-state index in [1.54, 1.807) is 25.3 Å². The van der Waals surface area contributed by atoms with Crippen LogP contribution in [0.2, 0.25) is 0 Å². The number of rotatable bonds is 11. The van der Waals surface area contributed by atoms with Gasteiger partial charge in [0.05, 0.1) is 31.0 Å². The SMILES string of the molecule is COc1ccc2c(O[C@@H]3C[C@H]4C(=O)N[C@]5(P(=O)(O)Cc6ccccc6F)C[C@H]5CCCCCCC[C@H](NC(=O)OC5CCCC5)C(=O)N4C3)cc(-c3csc(NC(C)C)n3)nc2c1. The van der Waals surface area contributed by atoms with Crippen molar-refractivity contribution in [3.63, 3.8) is 0 Å². The van der Waals surface area contributed by atoms with Crippen LogP contribution < -0.4 is 25.4 Å². The van der Waals surface area contributed by atoms with Gasteiger partial charge in [0.1, 0.15) is 52.6 Å². The molecule has 2 saturated heterocycles. The van der Waals surface area contributed by atoms with Gasteiger partial charge in [-0.15, -0.1) is 11.3 Å². The Hall–Kier alpha value is -4.79. The third-order valence-corrected chi connectivity index (χ3v) is 16.3. The van der Waals surface area contributed by atoms with Crippen molar-refractivity contribution in [1.82, 2.24) is 25.5 Å². The van der Waals surface area contributed by atoms with Crippen LogP contribution in [0, 0.1) is 11.7 Å². The van der Waals surface area contributed by atoms with Crippen molar-refractivity contribution in [3.05, 3.63) is 65.3 Å². The fourth-order valence-corrected chi connectivity index (χ4v) is 12.8. The normalized spacial score (nSPS) is 25.6. The van der Waals surface area contributed by atoms with E-state index in [0.29, 0.717) is 53.1 Å². The smallest absolute Gasteiger partial charge is 0.408 e. The number of fused-ring (bicyclic) bond motifs is 3. The Labute approximate surface area is 371 Å². The molecule has 4 aromatic rings. The summed E-state index contributed by atoms with van der Waals surface area (Å²) in [5, 5.41) is 11.0. The van der Waals surface area contributed by atoms with Gasteiger partial charge in [-0.3, -0.25) is 14.2 Å². The summed E-state index contributed by atoms with van der Waals surface area (Å²) in [5.41, 5.74) is 1.89. The lowest BCUT2D eigenvalue weighted by atomic mass is 10.0. The van der Waals surface area contributed by atoms with Crippen LogP contribution in [0.5, 0.6) is 11.5 Å². The molecule has 2 aromatic carbocycles. The number of hydrogen-bond donors (Lipinski definition) is 4. The molecule has 338 valence electrons. The molecule has 4 N–H and O–H groups in total. The Morgan fingerprint density at radius 2 is 1.75 bits per heavy atom. The van der Waals surface area contributed by atoms with Gasteiger partial charge in [0.25, 0.3) is 0 Å². The van der Waals surface area contributed by atoms with E-state index in [4.69, 9.17) is 24.2 Å². The standard InChI is InChI=1S/C46H58FN6O8PS/c1-28(2)48-44-50-39(27-63-44)38-23-41(34-20-19-32(59-3)21-37(34)49-38)60-33-22-40-42(54)52-46(62(57,58)26-29-13-9-12-17-35(29)47)24-30(46)14-7-5-4-6-8-18-36(43(55)53(40)25-33)51-45(56)61-31-15-10-11-16-31/h9,12-13,17,19-21,23,27-28,30-31,33,36,40H,4-8,10-11,14-16,18,22,24-26H2,1-3H3,(H,48,50)(H,51,56)(H,52,54)(H,57,58)/t30-,33-,36+,40+,46+/m1/s1. The summed E-state index contributed by atoms with van der Waals surface area (Å²) in [7, 11) is -2.70. The molecule has 4 heterocycles. The number of nitrogens with one attached hydrogen (secondary N) is 3. The number of hydrogen-bond acceptors (Lipinski definition) is 11. The van der Waals surface area contributed by atoms with Gasteiger partial charge in [-0.05, 0) is 88.5 Å². The summed E-state index contributed by atoms with van der Waals surface area (Å²) < 4.78 is 47.5. The lowest BCUT2D eigenvalue weighted by Gasteiger charge is -2.31. The summed E-state index contributed by atoms with van der Waals surface area (Å²) in [6.45, 7) is 4.06. The minimum atomic E-state index is -4.28. The molecule has 63 heavy (non-hydrogen) atoms. The molecule has 2 aliphatic carbocycles. The monoisotopic (exact) mass is 904 g/mol. The Morgan fingerprint density at radius 3 is 2.51 bits per heavy atom. The van der Waals surface area contributed by atoms with Crippen LogP contribution in [0.4, 0.5) is 14.3 Å². The highest BCUT2D eigenvalue weighted by atomic mass is 32.1. The molecule has 2 aromatic heterocycles. The summed E-state index contributed by atoms with van der Waals surface area (Å²) >= 11 is 1.46. The molecule has 17 heteroatoms. The molecule has 3 amide bonds. The van der Waals surface area contributed by atoms with Crippen molar-refractivity contribution in [2.75, 3.05) is 19.0 Å². The number of anilines is 1. The number of carbonyl (C=O) groups is 3. The Morgan fingerprint density at radius 1 is 1.00 bits per heavy atom. The number of alkyl carbamates (subject to hydrolysis) is 1. The fourth-order valence-electron chi connectivity index (χ4n) is 9.47. The zero-order chi connectivity index (χ0) is 44.3. The van der Waals surface area contributed by atoms with E-state index in [1.807, 2.05) is 31.4 Å². The van der Waals surface area contributed by atoms with Crippen molar-refractivity contribution < 1.29 is 42.4 Å². The summed E-state index contributed by atoms with van der Waals surface area (Å²) in [6, 6.07) is 11.2. The average molecular weight is 905 g/mol. The lowest BCUT2D eigenvalue weighted by Crippen LogP contribution is -2.55. The maximum atomic E-state index is 14.9. The van der Waals surface area contributed by atoms with E-state index >= 15 is 0 Å². The van der Waals surface area contributed by atoms with Gasteiger partial charge in [0.2, 0.25) is 19.2 Å². The molecule has 2 saturated carbocycles. The number of halogens is 1. The first-order valence-electron chi connectivity index (χ1n) is 22.4. The van der Waals surface area contributed by atoms with Crippen LogP contribution in [0.25, 0.3) is 22.3 Å². The number of methoxy groups -OCH3 is 1. The van der Waals surface area contributed by atoms with Crippen molar-refractivity contribution >= 4 is 52.6 Å². The molecule has 1 unspecified atom stereocenters. The molecule has 8 rings (SSSR count). The van der Waals surface area contributed by atoms with Gasteiger partial charge in [-0.1, -0.05) is 50.3 Å². The van der Waals surface area contributed by atoms with Gasteiger partial charge < -0.3 is 40.0 Å². The second-order valence-electron chi connectivity index (χ2n) is 17.8. The van der Waals surface area contributed by atoms with Crippen LogP contribution in [-0.4, -0.2) is 86.9 Å². The Bertz CT molecular complexity index is 2360. The minimum absolute atomic E-state index is 0.0102. The van der Waals surface area contributed by atoms with Crippen LogP contribution in [-0.2, 0) is 25.1 Å². The second-order valence-corrected chi connectivity index (χ2v) is 21.2. The quantitative estimate of drug-likeness (QED) is 0.106. The highest BCUT2D eigenvalue weighted by Gasteiger charge is 2.66. The first-order chi connectivity index (χ1) is 30.3. The zero-order valence-electron chi connectivity index (χ0n) is 36.1. The molecule has 6 atom stereocenters. The van der Waals surface area contributed by atoms with Crippen LogP contribution in [0.1, 0.15) is 103 Å². The Balaban J connectivity index is 1.13. The fraction of sp³-hybridized carbons (Fsp3) is 0.543. The number of nitrogens with zero attached hydrogens (tertiary/aromatic N) is 3. The maximum absolute atomic E-state index is 14.9. The number of thiazole rings is 1. The van der Waals surface area contributed by atoms with Crippen LogP contribution in [0.15, 0.2) is 53.9 Å². The lowest BCUT2D eigenvalue weighted by molar-refractivity contribution is -0.140. The molecule has 4 fully saturated rings. The molecule has 0 radical (unpaired) electrons. The average Bonchev–Trinajstić information content (AvgIpc) is 3.66. The van der Waals surface area contributed by atoms with E-state index in [0.717, 1.165) is 56.5 Å². The molecule has 0 bridgehead atoms. The number of amides is 3. The van der Waals surface area contributed by atoms with Gasteiger partial charge in [-0.2, -0.15) is 0 Å². The number of benzene rings is 2. The van der Waals surface area contributed by atoms with E-state index < -0.39 is 60.7 Å². The molecule has 2 aliphatic heterocycles. The zero-order valence-corrected chi connectivity index (χ0v) is 37.9. The first-order valence-corrected chi connectivity index (χ1v) is 25.1. The first kappa shape index (κ1) is 44.8. The van der Waals surface area contributed by atoms with Crippen molar-refractivity contribution in [3.8, 4) is 22.9 Å². The summed E-state index contributed by atoms with van der Waals surface area (Å²) in [5.74, 6) is -0.887. The molecule has 4 aliphatic rings. The van der Waals surface area contributed by atoms with E-state index in [-0.39, 0.29) is 43.0 Å². The third-order valence-electron chi connectivity index (χ3n) is 12.9. The largest absolute Gasteiger partial charge is 0.497 e. The molecule has 14 nitrogen and oxygen atoms in total. The van der Waals surface area contributed by atoms with Gasteiger partial charge >= 0.3 is 6.09 Å². The van der Waals surface area contributed by atoms with Crippen LogP contribution in [0.3, 0.4) is 0 Å². The third kappa shape index (κ3) is 10.1. The predicted octanol–water partition coefficient (Wildman–Crippen LogP) is 8.76. The van der Waals surface area contributed by atoms with Crippen molar-refractivity contribution in [2.45, 2.75) is 139 Å². The predicted molar refractivity (Wildman–Crippen MR) is 240 cm³/mol. The summed E-state index contributed by atoms with van der Waals surface area (Å²) in [4.78, 5) is 66.0. The van der Waals surface area contributed by atoms with Crippen LogP contribution >= 0.6 is 18.7 Å². The maximum Gasteiger partial charge on any atom is 0.408 e. The highest BCUT2D eigenvalue weighted by Crippen LogP contribution is 2.71. The van der Waals surface area contributed by atoms with Crippen molar-refractivity contribution in [2.24, 2.45) is 5.92 Å². The van der Waals surface area contributed by atoms with Gasteiger partial charge in [-0.25, -0.2) is 19.2 Å². The number of ether oxygens (including phenoxy) is 3. The molecular weight excluding hydrogens is 847 g/mol. The van der Waals surface area contributed by atoms with Gasteiger partial charge in [0.15, 0.2) is 5.13 Å². The van der Waals surface area contributed by atoms with Crippen molar-refractivity contribution in [1.29, 1.82) is 0 Å². The summed E-state index contributed by atoms with van der Waals surface area (Å²) in [6.07, 6.45) is 6.71. The molecular formula is C46H58FN6O8PS. The molecule has 0 spiro atoms. The van der Waals surface area contributed by atoms with Gasteiger partial charge in [0, 0.05) is 35.4 Å². The number of carbonyl (C=O) groups excluding carboxylic acids is 3. The topological polar surface area (TPSA) is 181 Å². The number of aromatic nitrogens is 2. The Kier molecular flexibility index (Phi) is 13.6. The van der Waals surface area contributed by atoms with E-state index in [2.05, 4.69) is 16.0 Å².